The summed E-state index contributed by atoms with van der Waals surface area (Å²) in [7, 11) is 0. The molecule has 0 bridgehead atoms. The molecule has 1 aromatic rings. The molecule has 1 aliphatic rings. The van der Waals surface area contributed by atoms with E-state index >= 15 is 0 Å². The fraction of sp³-hybridized carbons (Fsp3) is 0.692. The first-order valence-corrected chi connectivity index (χ1v) is 7.17. The van der Waals surface area contributed by atoms with Crippen LogP contribution < -0.4 is 5.73 Å². The van der Waals surface area contributed by atoms with Crippen molar-refractivity contribution in [2.75, 3.05) is 0 Å². The smallest absolute Gasteiger partial charge is 0.107 e. The number of halogens is 1. The maximum Gasteiger partial charge on any atom is 0.107 e. The van der Waals surface area contributed by atoms with Gasteiger partial charge in [0.25, 0.3) is 0 Å². The van der Waals surface area contributed by atoms with Crippen LogP contribution in [0.1, 0.15) is 37.1 Å². The van der Waals surface area contributed by atoms with Crippen LogP contribution in [-0.2, 0) is 6.54 Å². The van der Waals surface area contributed by atoms with Crippen LogP contribution in [0.25, 0.3) is 0 Å². The van der Waals surface area contributed by atoms with E-state index in [9.17, 15) is 5.26 Å². The lowest BCUT2D eigenvalue weighted by Gasteiger charge is -2.23. The van der Waals surface area contributed by atoms with Gasteiger partial charge < -0.3 is 5.73 Å². The summed E-state index contributed by atoms with van der Waals surface area (Å²) in [6.07, 6.45) is 3.88. The lowest BCUT2D eigenvalue weighted by atomic mass is 9.87. The van der Waals surface area contributed by atoms with Crippen molar-refractivity contribution in [3.8, 4) is 6.07 Å². The van der Waals surface area contributed by atoms with Crippen LogP contribution in [0.15, 0.2) is 4.47 Å². The lowest BCUT2D eigenvalue weighted by molar-refractivity contribution is 0.344. The number of nitrogens with two attached hydrogens (primary N) is 1. The summed E-state index contributed by atoms with van der Waals surface area (Å²) in [6, 6.07) is 2.30. The number of nitriles is 1. The Hall–Kier alpha value is -0.860. The van der Waals surface area contributed by atoms with E-state index in [1.54, 1.807) is 0 Å². The van der Waals surface area contributed by atoms with Gasteiger partial charge in [-0.15, -0.1) is 0 Å². The van der Waals surface area contributed by atoms with E-state index in [0.717, 1.165) is 48.1 Å². The molecule has 4 nitrogen and oxygen atoms in total. The molecule has 5 heteroatoms. The molecule has 0 spiro atoms. The van der Waals surface area contributed by atoms with Crippen LogP contribution >= 0.6 is 15.9 Å². The summed E-state index contributed by atoms with van der Waals surface area (Å²) in [5.74, 6) is 0.296. The average molecular weight is 311 g/mol. The maximum atomic E-state index is 9.19. The zero-order valence-corrected chi connectivity index (χ0v) is 12.5. The van der Waals surface area contributed by atoms with Crippen molar-refractivity contribution in [1.29, 1.82) is 5.26 Å². The van der Waals surface area contributed by atoms with E-state index in [-0.39, 0.29) is 0 Å². The molecule has 18 heavy (non-hydrogen) atoms. The van der Waals surface area contributed by atoms with Gasteiger partial charge in [-0.3, -0.25) is 4.68 Å². The predicted octanol–water partition coefficient (Wildman–Crippen LogP) is 2.67. The Kier molecular flexibility index (Phi) is 3.79. The van der Waals surface area contributed by atoms with E-state index in [1.807, 2.05) is 11.6 Å². The molecule has 2 rings (SSSR count). The molecular weight excluding hydrogens is 292 g/mol. The normalized spacial score (nSPS) is 27.4. The highest BCUT2D eigenvalue weighted by molar-refractivity contribution is 9.10. The summed E-state index contributed by atoms with van der Waals surface area (Å²) in [5.41, 5.74) is 7.68. The quantitative estimate of drug-likeness (QED) is 0.933. The third-order valence-corrected chi connectivity index (χ3v) is 5.21. The highest BCUT2D eigenvalue weighted by Gasteiger charge is 2.39. The van der Waals surface area contributed by atoms with Crippen LogP contribution in [0.3, 0.4) is 0 Å². The second kappa shape index (κ2) is 5.02. The minimum Gasteiger partial charge on any atom is -0.313 e. The Morgan fingerprint density at radius 3 is 2.89 bits per heavy atom. The van der Waals surface area contributed by atoms with E-state index in [2.05, 4.69) is 34.0 Å². The van der Waals surface area contributed by atoms with Gasteiger partial charge in [-0.25, -0.2) is 0 Å². The Morgan fingerprint density at radius 2 is 2.33 bits per heavy atom. The Bertz CT molecular complexity index is 488. The molecular formula is C13H19BrN4. The van der Waals surface area contributed by atoms with E-state index in [0.29, 0.717) is 5.92 Å². The Balaban J connectivity index is 2.04. The number of rotatable bonds is 3. The molecule has 1 aliphatic carbocycles. The summed E-state index contributed by atoms with van der Waals surface area (Å²) in [4.78, 5) is 0. The average Bonchev–Trinajstić information content (AvgIpc) is 2.84. The second-order valence-electron chi connectivity index (χ2n) is 5.24. The predicted molar refractivity (Wildman–Crippen MR) is 73.9 cm³/mol. The number of hydrogen-bond acceptors (Lipinski definition) is 3. The van der Waals surface area contributed by atoms with Crippen molar-refractivity contribution in [1.82, 2.24) is 9.78 Å². The van der Waals surface area contributed by atoms with Crippen molar-refractivity contribution in [3.63, 3.8) is 0 Å². The van der Waals surface area contributed by atoms with Gasteiger partial charge in [-0.2, -0.15) is 10.4 Å². The van der Waals surface area contributed by atoms with Crippen molar-refractivity contribution in [3.05, 3.63) is 15.9 Å². The first-order valence-electron chi connectivity index (χ1n) is 6.37. The molecule has 1 aromatic heterocycles. The molecule has 2 unspecified atom stereocenters. The SMILES string of the molecule is Cc1nn(CCC2CCCC2(N)C#N)c(C)c1Br. The largest absolute Gasteiger partial charge is 0.313 e. The van der Waals surface area contributed by atoms with Gasteiger partial charge in [0.2, 0.25) is 0 Å². The zero-order chi connectivity index (χ0) is 13.3. The van der Waals surface area contributed by atoms with Crippen molar-refractivity contribution in [2.24, 2.45) is 11.7 Å². The monoisotopic (exact) mass is 310 g/mol. The van der Waals surface area contributed by atoms with Gasteiger partial charge in [0.05, 0.1) is 16.2 Å². The molecule has 1 fully saturated rings. The van der Waals surface area contributed by atoms with Crippen molar-refractivity contribution in [2.45, 2.75) is 51.6 Å². The molecule has 0 aliphatic heterocycles. The third kappa shape index (κ3) is 2.32. The first kappa shape index (κ1) is 13.6. The fourth-order valence-corrected chi connectivity index (χ4v) is 3.11. The lowest BCUT2D eigenvalue weighted by Crippen LogP contribution is -2.42. The van der Waals surface area contributed by atoms with Crippen LogP contribution in [0, 0.1) is 31.1 Å². The van der Waals surface area contributed by atoms with Gasteiger partial charge in [-0.05, 0) is 55.0 Å². The standard InChI is InChI=1S/C13H19BrN4/c1-9-12(14)10(2)18(17-9)7-5-11-4-3-6-13(11,16)8-15/h11H,3-7,16H2,1-2H3. The van der Waals surface area contributed by atoms with Crippen molar-refractivity contribution < 1.29 is 0 Å². The number of nitrogens with zero attached hydrogens (tertiary/aromatic N) is 3. The zero-order valence-electron chi connectivity index (χ0n) is 10.9. The topological polar surface area (TPSA) is 67.6 Å². The van der Waals surface area contributed by atoms with Crippen LogP contribution in [0.2, 0.25) is 0 Å². The summed E-state index contributed by atoms with van der Waals surface area (Å²) in [5, 5.41) is 13.7. The number of aromatic nitrogens is 2. The van der Waals surface area contributed by atoms with Crippen LogP contribution in [-0.4, -0.2) is 15.3 Å². The summed E-state index contributed by atoms with van der Waals surface area (Å²) >= 11 is 3.53. The first-order chi connectivity index (χ1) is 8.48. The molecule has 1 heterocycles. The number of aryl methyl sites for hydroxylation is 2. The van der Waals surface area contributed by atoms with Gasteiger partial charge in [0.15, 0.2) is 0 Å². The van der Waals surface area contributed by atoms with E-state index in [1.165, 1.54) is 0 Å². The highest BCUT2D eigenvalue weighted by Crippen LogP contribution is 2.36. The number of hydrogen-bond donors (Lipinski definition) is 1. The van der Waals surface area contributed by atoms with Gasteiger partial charge in [0.1, 0.15) is 5.54 Å². The Labute approximate surface area is 116 Å². The highest BCUT2D eigenvalue weighted by atomic mass is 79.9. The van der Waals surface area contributed by atoms with Gasteiger partial charge in [0, 0.05) is 12.2 Å². The van der Waals surface area contributed by atoms with Crippen LogP contribution in [0.4, 0.5) is 0 Å². The van der Waals surface area contributed by atoms with Crippen molar-refractivity contribution >= 4 is 15.9 Å². The Morgan fingerprint density at radius 1 is 1.61 bits per heavy atom. The molecule has 0 radical (unpaired) electrons. The van der Waals surface area contributed by atoms with Gasteiger partial charge >= 0.3 is 0 Å². The molecule has 98 valence electrons. The molecule has 0 amide bonds. The van der Waals surface area contributed by atoms with Gasteiger partial charge in [-0.1, -0.05) is 6.42 Å². The fourth-order valence-electron chi connectivity index (χ4n) is 2.82. The van der Waals surface area contributed by atoms with E-state index < -0.39 is 5.54 Å². The summed E-state index contributed by atoms with van der Waals surface area (Å²) in [6.45, 7) is 4.88. The van der Waals surface area contributed by atoms with E-state index in [4.69, 9.17) is 5.73 Å². The molecule has 2 N–H and O–H groups in total. The van der Waals surface area contributed by atoms with Crippen LogP contribution in [0.5, 0.6) is 0 Å². The summed E-state index contributed by atoms with van der Waals surface area (Å²) < 4.78 is 3.09. The molecule has 1 saturated carbocycles. The second-order valence-corrected chi connectivity index (χ2v) is 6.03. The minimum atomic E-state index is -0.618. The third-order valence-electron chi connectivity index (χ3n) is 4.06. The molecule has 2 atom stereocenters. The molecule has 0 saturated heterocycles. The molecule has 0 aromatic carbocycles. The minimum absolute atomic E-state index is 0.296. The maximum absolute atomic E-state index is 9.19.